The van der Waals surface area contributed by atoms with Crippen LogP contribution in [0.15, 0.2) is 77.2 Å². The molecule has 0 aliphatic rings. The molecule has 0 saturated carbocycles. The summed E-state index contributed by atoms with van der Waals surface area (Å²) < 4.78 is 30.9. The molecule has 0 amide bonds. The summed E-state index contributed by atoms with van der Waals surface area (Å²) >= 11 is 0. The second-order valence-electron chi connectivity index (χ2n) is 12.7. The van der Waals surface area contributed by atoms with E-state index < -0.39 is 0 Å². The van der Waals surface area contributed by atoms with Gasteiger partial charge in [-0.1, -0.05) is 78.1 Å². The van der Waals surface area contributed by atoms with Crippen LogP contribution in [-0.4, -0.2) is 13.2 Å². The summed E-state index contributed by atoms with van der Waals surface area (Å²) in [6.45, 7) is 10.1. The van der Waals surface area contributed by atoms with Crippen LogP contribution < -0.4 is 18.9 Å². The molecule has 4 aromatic carbocycles. The Bertz CT molecular complexity index is 1540. The molecule has 0 unspecified atom stereocenters. The first-order valence-electron chi connectivity index (χ1n) is 17.8. The van der Waals surface area contributed by atoms with Gasteiger partial charge < -0.3 is 23.4 Å². The highest BCUT2D eigenvalue weighted by Gasteiger charge is 2.15. The van der Waals surface area contributed by atoms with Gasteiger partial charge in [0.1, 0.15) is 45.7 Å². The molecule has 1 aromatic heterocycles. The molecule has 0 bridgehead atoms. The van der Waals surface area contributed by atoms with Crippen molar-refractivity contribution in [3.63, 3.8) is 0 Å². The van der Waals surface area contributed by atoms with Crippen molar-refractivity contribution < 1.29 is 23.4 Å². The standard InChI is InChI=1S/C42H52O5/c1-5-7-9-11-13-15-25-43-33-17-21-35(22-18-33)45-39-29-37-38-30-40(32(4)28-42(38)47-41(37)27-31(39)3)46-36-23-19-34(20-24-36)44-26-16-14-12-10-8-6-2/h17-24,27-30H,5-16,25-26H2,1-4H3. The molecule has 0 N–H and O–H groups in total. The van der Waals surface area contributed by atoms with Gasteiger partial charge in [0.25, 0.3) is 0 Å². The van der Waals surface area contributed by atoms with E-state index in [4.69, 9.17) is 23.4 Å². The summed E-state index contributed by atoms with van der Waals surface area (Å²) in [5.74, 6) is 4.87. The number of aryl methyl sites for hydroxylation is 2. The van der Waals surface area contributed by atoms with Gasteiger partial charge in [-0.15, -0.1) is 0 Å². The Kier molecular flexibility index (Phi) is 12.9. The van der Waals surface area contributed by atoms with Crippen molar-refractivity contribution in [1.29, 1.82) is 0 Å². The minimum Gasteiger partial charge on any atom is -0.494 e. The molecule has 0 aliphatic heterocycles. The Balaban J connectivity index is 1.20. The quantitative estimate of drug-likeness (QED) is 0.0796. The van der Waals surface area contributed by atoms with Crippen molar-refractivity contribution in [2.24, 2.45) is 0 Å². The van der Waals surface area contributed by atoms with Crippen LogP contribution in [-0.2, 0) is 0 Å². The number of hydrogen-bond acceptors (Lipinski definition) is 5. The highest BCUT2D eigenvalue weighted by molar-refractivity contribution is 6.06. The van der Waals surface area contributed by atoms with Gasteiger partial charge in [-0.05, 0) is 111 Å². The lowest BCUT2D eigenvalue weighted by Crippen LogP contribution is -1.97. The zero-order chi connectivity index (χ0) is 32.8. The van der Waals surface area contributed by atoms with Gasteiger partial charge in [0.15, 0.2) is 0 Å². The average Bonchev–Trinajstić information content (AvgIpc) is 3.41. The van der Waals surface area contributed by atoms with Crippen molar-refractivity contribution in [2.45, 2.75) is 105 Å². The van der Waals surface area contributed by atoms with Crippen molar-refractivity contribution in [3.05, 3.63) is 83.9 Å². The van der Waals surface area contributed by atoms with Gasteiger partial charge in [0.05, 0.1) is 13.2 Å². The fourth-order valence-corrected chi connectivity index (χ4v) is 5.86. The second-order valence-corrected chi connectivity index (χ2v) is 12.7. The Morgan fingerprint density at radius 3 is 1.21 bits per heavy atom. The van der Waals surface area contributed by atoms with Crippen LogP contribution >= 0.6 is 0 Å². The topological polar surface area (TPSA) is 50.1 Å². The largest absolute Gasteiger partial charge is 0.494 e. The van der Waals surface area contributed by atoms with Crippen LogP contribution in [0.1, 0.15) is 102 Å². The second kappa shape index (κ2) is 17.7. The van der Waals surface area contributed by atoms with Crippen LogP contribution in [0, 0.1) is 13.8 Å². The monoisotopic (exact) mass is 636 g/mol. The van der Waals surface area contributed by atoms with Crippen LogP contribution in [0.5, 0.6) is 34.5 Å². The van der Waals surface area contributed by atoms with Crippen molar-refractivity contribution >= 4 is 21.9 Å². The van der Waals surface area contributed by atoms with Gasteiger partial charge in [-0.25, -0.2) is 0 Å². The Hall–Kier alpha value is -4.12. The molecule has 5 aromatic rings. The van der Waals surface area contributed by atoms with Crippen LogP contribution in [0.4, 0.5) is 0 Å². The summed E-state index contributed by atoms with van der Waals surface area (Å²) in [6, 6.07) is 24.0. The Morgan fingerprint density at radius 1 is 0.447 bits per heavy atom. The van der Waals surface area contributed by atoms with E-state index >= 15 is 0 Å². The Labute approximate surface area is 281 Å². The van der Waals surface area contributed by atoms with E-state index in [1.807, 2.05) is 74.5 Å². The lowest BCUT2D eigenvalue weighted by Gasteiger charge is -2.11. The minimum atomic E-state index is 0.750. The van der Waals surface area contributed by atoms with E-state index in [0.29, 0.717) is 0 Å². The molecule has 0 atom stereocenters. The maximum absolute atomic E-state index is 6.35. The van der Waals surface area contributed by atoms with Crippen LogP contribution in [0.3, 0.4) is 0 Å². The molecule has 5 rings (SSSR count). The summed E-state index contributed by atoms with van der Waals surface area (Å²) in [5, 5.41) is 1.98. The minimum absolute atomic E-state index is 0.750. The SMILES string of the molecule is CCCCCCCCOc1ccc(Oc2cc3c(cc2C)oc2cc(C)c(Oc4ccc(OCCCCCCCC)cc4)cc23)cc1. The fourth-order valence-electron chi connectivity index (χ4n) is 5.86. The van der Waals surface area contributed by atoms with Gasteiger partial charge in [-0.2, -0.15) is 0 Å². The number of ether oxygens (including phenoxy) is 4. The number of unbranched alkanes of at least 4 members (excludes halogenated alkanes) is 10. The molecular weight excluding hydrogens is 584 g/mol. The zero-order valence-electron chi connectivity index (χ0n) is 28.9. The normalized spacial score (nSPS) is 11.3. The third-order valence-corrected chi connectivity index (χ3v) is 8.70. The maximum Gasteiger partial charge on any atom is 0.135 e. The van der Waals surface area contributed by atoms with Gasteiger partial charge in [0, 0.05) is 10.8 Å². The number of hydrogen-bond donors (Lipinski definition) is 0. The third kappa shape index (κ3) is 9.93. The summed E-state index contributed by atoms with van der Waals surface area (Å²) in [6.07, 6.45) is 15.0. The first kappa shape index (κ1) is 34.2. The number of fused-ring (bicyclic) bond motifs is 3. The van der Waals surface area contributed by atoms with E-state index in [2.05, 4.69) is 26.0 Å². The number of furan rings is 1. The molecule has 5 nitrogen and oxygen atoms in total. The lowest BCUT2D eigenvalue weighted by atomic mass is 10.1. The van der Waals surface area contributed by atoms with Gasteiger partial charge >= 0.3 is 0 Å². The smallest absolute Gasteiger partial charge is 0.135 e. The predicted octanol–water partition coefficient (Wildman–Crippen LogP) is 13.3. The third-order valence-electron chi connectivity index (χ3n) is 8.70. The highest BCUT2D eigenvalue weighted by atomic mass is 16.5. The maximum atomic E-state index is 6.35. The average molecular weight is 637 g/mol. The van der Waals surface area contributed by atoms with E-state index in [1.165, 1.54) is 64.2 Å². The molecule has 0 radical (unpaired) electrons. The molecule has 5 heteroatoms. The molecule has 0 fully saturated rings. The summed E-state index contributed by atoms with van der Waals surface area (Å²) in [5.41, 5.74) is 3.66. The van der Waals surface area contributed by atoms with E-state index in [9.17, 15) is 0 Å². The molecule has 0 aliphatic carbocycles. The lowest BCUT2D eigenvalue weighted by molar-refractivity contribution is 0.304. The van der Waals surface area contributed by atoms with Gasteiger partial charge in [-0.3, -0.25) is 0 Å². The van der Waals surface area contributed by atoms with Crippen molar-refractivity contribution in [2.75, 3.05) is 13.2 Å². The van der Waals surface area contributed by atoms with Crippen LogP contribution in [0.25, 0.3) is 21.9 Å². The predicted molar refractivity (Wildman–Crippen MR) is 194 cm³/mol. The van der Waals surface area contributed by atoms with E-state index in [0.717, 1.165) is 93.6 Å². The molecule has 47 heavy (non-hydrogen) atoms. The summed E-state index contributed by atoms with van der Waals surface area (Å²) in [7, 11) is 0. The molecule has 0 saturated heterocycles. The highest BCUT2D eigenvalue weighted by Crippen LogP contribution is 2.39. The number of benzene rings is 4. The van der Waals surface area contributed by atoms with Crippen LogP contribution in [0.2, 0.25) is 0 Å². The number of rotatable bonds is 20. The van der Waals surface area contributed by atoms with E-state index in [-0.39, 0.29) is 0 Å². The summed E-state index contributed by atoms with van der Waals surface area (Å²) in [4.78, 5) is 0. The fraction of sp³-hybridized carbons (Fsp3) is 0.429. The molecular formula is C42H52O5. The first-order chi connectivity index (χ1) is 23.0. The zero-order valence-corrected chi connectivity index (χ0v) is 28.9. The molecule has 0 spiro atoms. The van der Waals surface area contributed by atoms with Crippen molar-refractivity contribution in [3.8, 4) is 34.5 Å². The van der Waals surface area contributed by atoms with E-state index in [1.54, 1.807) is 0 Å². The first-order valence-corrected chi connectivity index (χ1v) is 17.8. The Morgan fingerprint density at radius 2 is 0.809 bits per heavy atom. The van der Waals surface area contributed by atoms with Gasteiger partial charge in [0.2, 0.25) is 0 Å². The van der Waals surface area contributed by atoms with Crippen molar-refractivity contribution in [1.82, 2.24) is 0 Å². The molecule has 1 heterocycles. The molecule has 250 valence electrons.